The molecule has 1 atom stereocenters. The first kappa shape index (κ1) is 26.8. The van der Waals surface area contributed by atoms with Crippen LogP contribution in [0.1, 0.15) is 51.5 Å². The molecule has 1 aliphatic heterocycles. The second kappa shape index (κ2) is 11.9. The van der Waals surface area contributed by atoms with Gasteiger partial charge in [-0.1, -0.05) is 49.6 Å². The first-order valence-electron chi connectivity index (χ1n) is 12.8. The zero-order valence-electron chi connectivity index (χ0n) is 21.4. The molecule has 200 valence electrons. The maximum Gasteiger partial charge on any atom is 0.244 e. The Kier molecular flexibility index (Phi) is 8.58. The van der Waals surface area contributed by atoms with Crippen LogP contribution in [0.2, 0.25) is 0 Å². The highest BCUT2D eigenvalue weighted by Crippen LogP contribution is 2.36. The minimum atomic E-state index is -3.81. The Hall–Kier alpha value is -3.27. The van der Waals surface area contributed by atoms with Crippen LogP contribution in [0, 0.1) is 0 Å². The van der Waals surface area contributed by atoms with E-state index in [-0.39, 0.29) is 31.0 Å². The summed E-state index contributed by atoms with van der Waals surface area (Å²) in [5, 5.41) is 3.10. The number of hydrogen-bond donors (Lipinski definition) is 1. The number of anilines is 1. The highest BCUT2D eigenvalue weighted by molar-refractivity contribution is 7.92. The van der Waals surface area contributed by atoms with Gasteiger partial charge in [-0.05, 0) is 44.4 Å². The predicted octanol–water partition coefficient (Wildman–Crippen LogP) is 3.44. The van der Waals surface area contributed by atoms with E-state index in [0.29, 0.717) is 17.2 Å². The molecule has 0 bridgehead atoms. The third-order valence-corrected chi connectivity index (χ3v) is 8.68. The number of rotatable bonds is 10. The van der Waals surface area contributed by atoms with Crippen molar-refractivity contribution in [3.8, 4) is 11.5 Å². The second-order valence-corrected chi connectivity index (χ2v) is 11.7. The molecule has 0 aromatic heterocycles. The van der Waals surface area contributed by atoms with Gasteiger partial charge in [-0.15, -0.1) is 0 Å². The molecule has 9 nitrogen and oxygen atoms in total. The third-order valence-electron chi connectivity index (χ3n) is 6.94. The summed E-state index contributed by atoms with van der Waals surface area (Å²) in [6, 6.07) is 13.5. The molecule has 2 aliphatic rings. The number of benzene rings is 2. The molecule has 0 unspecified atom stereocenters. The zero-order valence-corrected chi connectivity index (χ0v) is 22.2. The van der Waals surface area contributed by atoms with Gasteiger partial charge in [0.1, 0.15) is 12.6 Å². The number of carbonyl (C=O) groups is 2. The highest BCUT2D eigenvalue weighted by Gasteiger charge is 2.32. The van der Waals surface area contributed by atoms with Gasteiger partial charge in [0.05, 0.1) is 11.4 Å². The lowest BCUT2D eigenvalue weighted by atomic mass is 9.95. The van der Waals surface area contributed by atoms with E-state index >= 15 is 0 Å². The molecule has 1 saturated carbocycles. The Morgan fingerprint density at radius 1 is 1.03 bits per heavy atom. The molecule has 0 saturated heterocycles. The van der Waals surface area contributed by atoms with Gasteiger partial charge in [-0.3, -0.25) is 13.9 Å². The Bertz CT molecular complexity index is 1200. The average Bonchev–Trinajstić information content (AvgIpc) is 3.39. The van der Waals surface area contributed by atoms with E-state index in [0.717, 1.165) is 35.6 Å². The first-order valence-corrected chi connectivity index (χ1v) is 14.4. The molecular weight excluding hydrogens is 494 g/mol. The summed E-state index contributed by atoms with van der Waals surface area (Å²) in [5.74, 6) is 0.0461. The molecule has 37 heavy (non-hydrogen) atoms. The number of hydrogen-bond acceptors (Lipinski definition) is 6. The monoisotopic (exact) mass is 529 g/mol. The van der Waals surface area contributed by atoms with Crippen molar-refractivity contribution < 1.29 is 27.5 Å². The van der Waals surface area contributed by atoms with Crippen molar-refractivity contribution in [3.05, 3.63) is 54.1 Å². The van der Waals surface area contributed by atoms with E-state index in [1.165, 1.54) is 18.2 Å². The summed E-state index contributed by atoms with van der Waals surface area (Å²) in [4.78, 5) is 28.4. The van der Waals surface area contributed by atoms with E-state index in [1.807, 2.05) is 30.3 Å². The molecule has 4 rings (SSSR count). The van der Waals surface area contributed by atoms with Crippen LogP contribution in [-0.2, 0) is 26.2 Å². The number of carbonyl (C=O) groups excluding carboxylic acids is 2. The van der Waals surface area contributed by atoms with Crippen LogP contribution in [0.25, 0.3) is 0 Å². The van der Waals surface area contributed by atoms with E-state index < -0.39 is 28.5 Å². The summed E-state index contributed by atoms with van der Waals surface area (Å²) in [6.07, 6.45) is 5.17. The number of ether oxygens (including phenoxy) is 2. The fourth-order valence-electron chi connectivity index (χ4n) is 4.69. The summed E-state index contributed by atoms with van der Waals surface area (Å²) in [5.41, 5.74) is 1.15. The minimum absolute atomic E-state index is 0.0523. The normalized spacial score (nSPS) is 16.2. The van der Waals surface area contributed by atoms with Crippen LogP contribution in [0.15, 0.2) is 48.5 Å². The van der Waals surface area contributed by atoms with Gasteiger partial charge in [-0.2, -0.15) is 0 Å². The topological polar surface area (TPSA) is 105 Å². The number of sulfonamides is 1. The fraction of sp³-hybridized carbons (Fsp3) is 0.481. The van der Waals surface area contributed by atoms with Crippen molar-refractivity contribution in [2.45, 2.75) is 64.6 Å². The predicted molar refractivity (Wildman–Crippen MR) is 141 cm³/mol. The molecule has 0 radical (unpaired) electrons. The van der Waals surface area contributed by atoms with Crippen molar-refractivity contribution in [2.75, 3.05) is 23.4 Å². The van der Waals surface area contributed by atoms with Gasteiger partial charge in [0.15, 0.2) is 11.5 Å². The van der Waals surface area contributed by atoms with Gasteiger partial charge in [0, 0.05) is 18.7 Å². The molecule has 10 heteroatoms. The summed E-state index contributed by atoms with van der Waals surface area (Å²) >= 11 is 0. The van der Waals surface area contributed by atoms with Crippen LogP contribution >= 0.6 is 0 Å². The quantitative estimate of drug-likeness (QED) is 0.506. The Morgan fingerprint density at radius 3 is 2.43 bits per heavy atom. The molecular formula is C27H35N3O6S. The minimum Gasteiger partial charge on any atom is -0.454 e. The fourth-order valence-corrected chi connectivity index (χ4v) is 5.75. The number of fused-ring (bicyclic) bond motifs is 1. The molecule has 1 aliphatic carbocycles. The van der Waals surface area contributed by atoms with Crippen LogP contribution in [0.3, 0.4) is 0 Å². The summed E-state index contributed by atoms with van der Waals surface area (Å²) in [7, 11) is -3.81. The van der Waals surface area contributed by atoms with Crippen molar-refractivity contribution in [1.82, 2.24) is 10.2 Å². The first-order chi connectivity index (χ1) is 17.8. The number of nitrogens with zero attached hydrogens (tertiary/aromatic N) is 2. The van der Waals surface area contributed by atoms with Crippen LogP contribution < -0.4 is 19.1 Å². The molecule has 1 heterocycles. The van der Waals surface area contributed by atoms with E-state index in [2.05, 4.69) is 5.32 Å². The van der Waals surface area contributed by atoms with Gasteiger partial charge in [0.2, 0.25) is 28.6 Å². The number of amides is 2. The molecule has 0 spiro atoms. The van der Waals surface area contributed by atoms with Gasteiger partial charge < -0.3 is 19.7 Å². The molecule has 2 amide bonds. The van der Waals surface area contributed by atoms with Crippen molar-refractivity contribution in [3.63, 3.8) is 0 Å². The van der Waals surface area contributed by atoms with E-state index in [4.69, 9.17) is 9.47 Å². The lowest BCUT2D eigenvalue weighted by Crippen LogP contribution is -2.53. The number of nitrogens with one attached hydrogen (secondary N) is 1. The summed E-state index contributed by atoms with van der Waals surface area (Å²) < 4.78 is 38.0. The maximum absolute atomic E-state index is 13.7. The van der Waals surface area contributed by atoms with Gasteiger partial charge >= 0.3 is 0 Å². The Balaban J connectivity index is 1.59. The standard InChI is InChI=1S/C27H35N3O6S/c1-3-37(33,34)30(23-14-15-24-25(16-23)36-19-35-24)18-26(31)29(17-21-10-6-4-7-11-21)20(2)27(32)28-22-12-8-5-9-13-22/h4,6-7,10-11,14-16,20,22H,3,5,8-9,12-13,17-19H2,1-2H3,(H,28,32)/t20-/m0/s1. The second-order valence-electron chi connectivity index (χ2n) is 9.47. The molecule has 2 aromatic carbocycles. The Labute approximate surface area is 218 Å². The third kappa shape index (κ3) is 6.54. The SMILES string of the molecule is CCS(=O)(=O)N(CC(=O)N(Cc1ccccc1)[C@@H](C)C(=O)NC1CCCCC1)c1ccc2c(c1)OCO2. The van der Waals surface area contributed by atoms with Crippen LogP contribution in [0.4, 0.5) is 5.69 Å². The molecule has 1 N–H and O–H groups in total. The van der Waals surface area contributed by atoms with Crippen LogP contribution in [-0.4, -0.2) is 56.3 Å². The van der Waals surface area contributed by atoms with Crippen molar-refractivity contribution >= 4 is 27.5 Å². The van der Waals surface area contributed by atoms with Crippen molar-refractivity contribution in [1.29, 1.82) is 0 Å². The summed E-state index contributed by atoms with van der Waals surface area (Å²) in [6.45, 7) is 3.01. The largest absolute Gasteiger partial charge is 0.454 e. The average molecular weight is 530 g/mol. The van der Waals surface area contributed by atoms with Gasteiger partial charge in [-0.25, -0.2) is 8.42 Å². The molecule has 2 aromatic rings. The smallest absolute Gasteiger partial charge is 0.244 e. The van der Waals surface area contributed by atoms with E-state index in [9.17, 15) is 18.0 Å². The van der Waals surface area contributed by atoms with Crippen LogP contribution in [0.5, 0.6) is 11.5 Å². The lowest BCUT2D eigenvalue weighted by molar-refractivity contribution is -0.139. The highest BCUT2D eigenvalue weighted by atomic mass is 32.2. The molecule has 1 fully saturated rings. The van der Waals surface area contributed by atoms with Gasteiger partial charge in [0.25, 0.3) is 0 Å². The lowest BCUT2D eigenvalue weighted by Gasteiger charge is -2.33. The zero-order chi connectivity index (χ0) is 26.4. The van der Waals surface area contributed by atoms with Crippen molar-refractivity contribution in [2.24, 2.45) is 0 Å². The Morgan fingerprint density at radius 2 is 1.73 bits per heavy atom. The van der Waals surface area contributed by atoms with E-state index in [1.54, 1.807) is 25.1 Å². The maximum atomic E-state index is 13.7.